The minimum atomic E-state index is 0. The quantitative estimate of drug-likeness (QED) is 0.167. The molecule has 5 heteroatoms. The minimum absolute atomic E-state index is 0. The zero-order valence-electron chi connectivity index (χ0n) is 27.0. The SMILES string of the molecule is Cc1c[c-]c(-c2cc(C)c(C)cn2)cc1C.Cc1ccc2c(-c3cc(-c4ccc5ccccc5c4)ccn3)[c-]c3ccoc3c2n1.[Ir]. The molecule has 0 saturated carbocycles. The van der Waals surface area contributed by atoms with Gasteiger partial charge in [0.25, 0.3) is 0 Å². The van der Waals surface area contributed by atoms with Crippen LogP contribution in [-0.2, 0) is 20.1 Å². The smallest absolute Gasteiger partial charge is 0.0847 e. The molecular formula is C42H33IrN3O-2. The predicted molar refractivity (Wildman–Crippen MR) is 189 cm³/mol. The predicted octanol–water partition coefficient (Wildman–Crippen LogP) is 10.8. The maximum atomic E-state index is 5.70. The number of hydrogen-bond donors (Lipinski definition) is 0. The van der Waals surface area contributed by atoms with Gasteiger partial charge in [0.15, 0.2) is 0 Å². The van der Waals surface area contributed by atoms with E-state index in [2.05, 4.69) is 123 Å². The van der Waals surface area contributed by atoms with Gasteiger partial charge in [-0.3, -0.25) is 9.97 Å². The van der Waals surface area contributed by atoms with Crippen LogP contribution in [0.15, 0.2) is 114 Å². The van der Waals surface area contributed by atoms with E-state index >= 15 is 0 Å². The normalized spacial score (nSPS) is 10.9. The van der Waals surface area contributed by atoms with Crippen molar-refractivity contribution in [1.82, 2.24) is 15.0 Å². The third-order valence-electron chi connectivity index (χ3n) is 8.62. The standard InChI is InChI=1S/C27H17N2O.C15H16N.Ir/c1-17-6-9-23-24(15-22-11-13-30-27(22)26(23)29-17)25-16-21(10-12-28-25)20-8-7-18-4-2-3-5-19(18)14-20;1-10-5-6-14(7-11(10)2)15-8-12(3)13(4)9-16-15;/h2-14,16H,1H3;5,7-9H,1-4H3;/q2*-1;. The van der Waals surface area contributed by atoms with Gasteiger partial charge in [-0.1, -0.05) is 96.4 Å². The average molecular weight is 788 g/mol. The van der Waals surface area contributed by atoms with Crippen molar-refractivity contribution in [3.63, 3.8) is 0 Å². The van der Waals surface area contributed by atoms with E-state index in [-0.39, 0.29) is 20.1 Å². The van der Waals surface area contributed by atoms with Crippen LogP contribution in [0.5, 0.6) is 0 Å². The summed E-state index contributed by atoms with van der Waals surface area (Å²) < 4.78 is 5.70. The van der Waals surface area contributed by atoms with Gasteiger partial charge < -0.3 is 9.40 Å². The van der Waals surface area contributed by atoms with Crippen molar-refractivity contribution in [2.45, 2.75) is 34.6 Å². The second-order valence-electron chi connectivity index (χ2n) is 11.9. The molecule has 0 amide bonds. The minimum Gasteiger partial charge on any atom is -0.506 e. The average Bonchev–Trinajstić information content (AvgIpc) is 3.56. The van der Waals surface area contributed by atoms with Gasteiger partial charge in [-0.25, -0.2) is 0 Å². The maximum Gasteiger partial charge on any atom is 0.0847 e. The first-order valence-corrected chi connectivity index (χ1v) is 15.4. The molecule has 8 aromatic rings. The summed E-state index contributed by atoms with van der Waals surface area (Å²) in [4.78, 5) is 13.9. The van der Waals surface area contributed by atoms with E-state index in [4.69, 9.17) is 9.40 Å². The molecule has 4 aromatic heterocycles. The van der Waals surface area contributed by atoms with Crippen LogP contribution in [0.3, 0.4) is 0 Å². The zero-order chi connectivity index (χ0) is 31.8. The van der Waals surface area contributed by atoms with Gasteiger partial charge in [0.1, 0.15) is 0 Å². The van der Waals surface area contributed by atoms with E-state index < -0.39 is 0 Å². The molecule has 47 heavy (non-hydrogen) atoms. The van der Waals surface area contributed by atoms with Gasteiger partial charge in [-0.2, -0.15) is 0 Å². The van der Waals surface area contributed by atoms with Crippen LogP contribution in [0.1, 0.15) is 27.9 Å². The molecule has 0 unspecified atom stereocenters. The first kappa shape index (κ1) is 32.0. The number of furan rings is 1. The van der Waals surface area contributed by atoms with Crippen molar-refractivity contribution >= 4 is 32.6 Å². The largest absolute Gasteiger partial charge is 0.506 e. The van der Waals surface area contributed by atoms with Gasteiger partial charge in [-0.05, 0) is 72.1 Å². The van der Waals surface area contributed by atoms with Crippen molar-refractivity contribution in [3.8, 4) is 33.6 Å². The molecule has 0 bridgehead atoms. The number of hydrogen-bond acceptors (Lipinski definition) is 4. The first-order chi connectivity index (χ1) is 22.3. The molecule has 0 fully saturated rings. The summed E-state index contributed by atoms with van der Waals surface area (Å²) in [5.41, 5.74) is 13.8. The molecule has 233 valence electrons. The molecule has 1 radical (unpaired) electrons. The molecular weight excluding hydrogens is 755 g/mol. The zero-order valence-corrected chi connectivity index (χ0v) is 29.4. The third-order valence-corrected chi connectivity index (χ3v) is 8.62. The first-order valence-electron chi connectivity index (χ1n) is 15.4. The van der Waals surface area contributed by atoms with Crippen LogP contribution in [0.4, 0.5) is 0 Å². The van der Waals surface area contributed by atoms with Gasteiger partial charge in [0, 0.05) is 55.7 Å². The van der Waals surface area contributed by atoms with Gasteiger partial charge >= 0.3 is 0 Å². The molecule has 0 saturated heterocycles. The Kier molecular flexibility index (Phi) is 9.13. The fourth-order valence-electron chi connectivity index (χ4n) is 5.63. The van der Waals surface area contributed by atoms with E-state index in [0.29, 0.717) is 0 Å². The summed E-state index contributed by atoms with van der Waals surface area (Å²) in [6, 6.07) is 38.2. The Labute approximate surface area is 288 Å². The number of aromatic nitrogens is 3. The Morgan fingerprint density at radius 3 is 2.26 bits per heavy atom. The fraction of sp³-hybridized carbons (Fsp3) is 0.119. The Morgan fingerprint density at radius 1 is 0.660 bits per heavy atom. The van der Waals surface area contributed by atoms with Crippen LogP contribution in [0.2, 0.25) is 0 Å². The summed E-state index contributed by atoms with van der Waals surface area (Å²) in [5.74, 6) is 0. The van der Waals surface area contributed by atoms with E-state index in [1.54, 1.807) is 6.26 Å². The molecule has 0 atom stereocenters. The Bertz CT molecular complexity index is 2340. The summed E-state index contributed by atoms with van der Waals surface area (Å²) in [6.45, 7) is 10.4. The molecule has 4 heterocycles. The monoisotopic (exact) mass is 788 g/mol. The van der Waals surface area contributed by atoms with Crippen LogP contribution < -0.4 is 0 Å². The Morgan fingerprint density at radius 2 is 1.45 bits per heavy atom. The molecule has 8 rings (SSSR count). The maximum absolute atomic E-state index is 5.70. The van der Waals surface area contributed by atoms with Crippen molar-refractivity contribution in [3.05, 3.63) is 150 Å². The number of benzene rings is 4. The van der Waals surface area contributed by atoms with Crippen LogP contribution in [-0.4, -0.2) is 15.0 Å². The van der Waals surface area contributed by atoms with Crippen molar-refractivity contribution in [1.29, 1.82) is 0 Å². The van der Waals surface area contributed by atoms with Crippen molar-refractivity contribution in [2.24, 2.45) is 0 Å². The van der Waals surface area contributed by atoms with Crippen LogP contribution >= 0.6 is 0 Å². The molecule has 4 nitrogen and oxygen atoms in total. The fourth-order valence-corrected chi connectivity index (χ4v) is 5.63. The number of aryl methyl sites for hydroxylation is 5. The topological polar surface area (TPSA) is 51.8 Å². The Balaban J connectivity index is 0.000000194. The van der Waals surface area contributed by atoms with Gasteiger partial charge in [-0.15, -0.1) is 41.0 Å². The molecule has 0 aliphatic heterocycles. The summed E-state index contributed by atoms with van der Waals surface area (Å²) in [7, 11) is 0. The number of nitrogens with zero attached hydrogens (tertiary/aromatic N) is 3. The second-order valence-corrected chi connectivity index (χ2v) is 11.9. The molecule has 0 aliphatic rings. The van der Waals surface area contributed by atoms with Crippen molar-refractivity contribution < 1.29 is 24.5 Å². The summed E-state index contributed by atoms with van der Waals surface area (Å²) in [6.07, 6.45) is 5.47. The number of fused-ring (bicyclic) bond motifs is 4. The second kappa shape index (κ2) is 13.4. The Hall–Kier alpha value is -4.96. The summed E-state index contributed by atoms with van der Waals surface area (Å²) >= 11 is 0. The molecule has 0 aliphatic carbocycles. The van der Waals surface area contributed by atoms with E-state index in [1.165, 1.54) is 38.6 Å². The van der Waals surface area contributed by atoms with E-state index in [1.807, 2.05) is 37.5 Å². The molecule has 0 spiro atoms. The van der Waals surface area contributed by atoms with Crippen LogP contribution in [0.25, 0.3) is 66.3 Å². The third kappa shape index (κ3) is 6.51. The van der Waals surface area contributed by atoms with Crippen LogP contribution in [0, 0.1) is 46.8 Å². The van der Waals surface area contributed by atoms with Crippen molar-refractivity contribution in [2.75, 3.05) is 0 Å². The van der Waals surface area contributed by atoms with Gasteiger partial charge in [0.05, 0.1) is 5.58 Å². The molecule has 4 aromatic carbocycles. The number of pyridine rings is 3. The van der Waals surface area contributed by atoms with E-state index in [9.17, 15) is 0 Å². The van der Waals surface area contributed by atoms with Gasteiger partial charge in [0.2, 0.25) is 0 Å². The van der Waals surface area contributed by atoms with E-state index in [0.717, 1.165) is 55.6 Å². The summed E-state index contributed by atoms with van der Waals surface area (Å²) in [5, 5.41) is 4.37. The molecule has 0 N–H and O–H groups in total. The number of rotatable bonds is 3.